The molecular weight excluding hydrogens is 316 g/mol. The summed E-state index contributed by atoms with van der Waals surface area (Å²) in [5.41, 5.74) is 2.59. The molecule has 0 amide bonds. The average Bonchev–Trinajstić information content (AvgIpc) is 2.63. The monoisotopic (exact) mass is 342 g/mol. The highest BCUT2D eigenvalue weighted by Gasteiger charge is 2.23. The SMILES string of the molecule is CCCN1CCC(N[C@H](c2ccccc2)c2ccc(Cl)cc2)CC1. The van der Waals surface area contributed by atoms with Crippen molar-refractivity contribution in [3.05, 3.63) is 70.7 Å². The number of nitrogens with one attached hydrogen (secondary N) is 1. The minimum absolute atomic E-state index is 0.228. The predicted molar refractivity (Wildman–Crippen MR) is 103 cm³/mol. The smallest absolute Gasteiger partial charge is 0.0578 e. The molecule has 0 spiro atoms. The summed E-state index contributed by atoms with van der Waals surface area (Å²) in [6, 6.07) is 19.8. The van der Waals surface area contributed by atoms with E-state index in [2.05, 4.69) is 59.6 Å². The van der Waals surface area contributed by atoms with Crippen LogP contribution in [0.2, 0.25) is 5.02 Å². The number of hydrogen-bond acceptors (Lipinski definition) is 2. The first-order valence-corrected chi connectivity index (χ1v) is 9.43. The third-order valence-corrected chi connectivity index (χ3v) is 5.12. The lowest BCUT2D eigenvalue weighted by Crippen LogP contribution is -2.44. The molecule has 0 saturated carbocycles. The Morgan fingerprint density at radius 2 is 1.62 bits per heavy atom. The van der Waals surface area contributed by atoms with Crippen LogP contribution >= 0.6 is 11.6 Å². The van der Waals surface area contributed by atoms with Crippen LogP contribution in [0.4, 0.5) is 0 Å². The fraction of sp³-hybridized carbons (Fsp3) is 0.429. The first kappa shape index (κ1) is 17.5. The van der Waals surface area contributed by atoms with E-state index in [1.165, 1.54) is 50.0 Å². The van der Waals surface area contributed by atoms with Crippen molar-refractivity contribution in [3.63, 3.8) is 0 Å². The predicted octanol–water partition coefficient (Wildman–Crippen LogP) is 4.89. The molecule has 1 heterocycles. The molecular formula is C21H27ClN2. The Labute approximate surface area is 150 Å². The largest absolute Gasteiger partial charge is 0.303 e. The molecule has 0 radical (unpaired) electrons. The molecule has 24 heavy (non-hydrogen) atoms. The van der Waals surface area contributed by atoms with Crippen molar-refractivity contribution in [2.75, 3.05) is 19.6 Å². The number of likely N-dealkylation sites (tertiary alicyclic amines) is 1. The first-order chi connectivity index (χ1) is 11.8. The van der Waals surface area contributed by atoms with E-state index in [1.54, 1.807) is 0 Å². The summed E-state index contributed by atoms with van der Waals surface area (Å²) in [6.45, 7) is 5.89. The zero-order chi connectivity index (χ0) is 16.8. The summed E-state index contributed by atoms with van der Waals surface area (Å²) in [7, 11) is 0. The van der Waals surface area contributed by atoms with Crippen molar-refractivity contribution in [2.45, 2.75) is 38.3 Å². The molecule has 128 valence electrons. The van der Waals surface area contributed by atoms with Gasteiger partial charge in [0.25, 0.3) is 0 Å². The van der Waals surface area contributed by atoms with Gasteiger partial charge in [-0.2, -0.15) is 0 Å². The second-order valence-corrected chi connectivity index (χ2v) is 7.11. The maximum Gasteiger partial charge on any atom is 0.0578 e. The van der Waals surface area contributed by atoms with Gasteiger partial charge in [-0.15, -0.1) is 0 Å². The molecule has 2 nitrogen and oxygen atoms in total. The van der Waals surface area contributed by atoms with Crippen molar-refractivity contribution >= 4 is 11.6 Å². The fourth-order valence-electron chi connectivity index (χ4n) is 3.56. The van der Waals surface area contributed by atoms with E-state index >= 15 is 0 Å². The number of nitrogens with zero attached hydrogens (tertiary/aromatic N) is 1. The second-order valence-electron chi connectivity index (χ2n) is 6.68. The van der Waals surface area contributed by atoms with Crippen molar-refractivity contribution in [1.82, 2.24) is 10.2 Å². The molecule has 1 saturated heterocycles. The Hall–Kier alpha value is -1.35. The van der Waals surface area contributed by atoms with E-state index in [0.717, 1.165) is 5.02 Å². The van der Waals surface area contributed by atoms with Crippen molar-refractivity contribution in [1.29, 1.82) is 0 Å². The third kappa shape index (κ3) is 4.60. The van der Waals surface area contributed by atoms with Crippen LogP contribution in [0.25, 0.3) is 0 Å². The Bertz CT molecular complexity index is 603. The van der Waals surface area contributed by atoms with Crippen LogP contribution in [0, 0.1) is 0 Å². The van der Waals surface area contributed by atoms with Gasteiger partial charge < -0.3 is 10.2 Å². The number of rotatable bonds is 6. The zero-order valence-corrected chi connectivity index (χ0v) is 15.2. The van der Waals surface area contributed by atoms with E-state index in [4.69, 9.17) is 11.6 Å². The Balaban J connectivity index is 1.73. The van der Waals surface area contributed by atoms with Gasteiger partial charge in [0, 0.05) is 11.1 Å². The lowest BCUT2D eigenvalue weighted by molar-refractivity contribution is 0.194. The molecule has 2 aromatic rings. The summed E-state index contributed by atoms with van der Waals surface area (Å²) in [5, 5.41) is 4.69. The zero-order valence-electron chi connectivity index (χ0n) is 14.4. The maximum absolute atomic E-state index is 6.07. The molecule has 0 aliphatic carbocycles. The molecule has 1 atom stereocenters. The van der Waals surface area contributed by atoms with E-state index in [9.17, 15) is 0 Å². The minimum Gasteiger partial charge on any atom is -0.303 e. The van der Waals surface area contributed by atoms with Crippen LogP contribution in [0.3, 0.4) is 0 Å². The minimum atomic E-state index is 0.228. The number of benzene rings is 2. The van der Waals surface area contributed by atoms with Gasteiger partial charge in [-0.05, 0) is 62.2 Å². The Kier molecular flexibility index (Phi) is 6.30. The van der Waals surface area contributed by atoms with E-state index in [1.807, 2.05) is 12.1 Å². The van der Waals surface area contributed by atoms with E-state index in [-0.39, 0.29) is 6.04 Å². The van der Waals surface area contributed by atoms with Crippen LogP contribution in [0.15, 0.2) is 54.6 Å². The van der Waals surface area contributed by atoms with Crippen LogP contribution in [-0.4, -0.2) is 30.6 Å². The average molecular weight is 343 g/mol. The highest BCUT2D eigenvalue weighted by Crippen LogP contribution is 2.25. The van der Waals surface area contributed by atoms with Gasteiger partial charge in [-0.25, -0.2) is 0 Å². The van der Waals surface area contributed by atoms with Crippen molar-refractivity contribution < 1.29 is 0 Å². The molecule has 0 unspecified atom stereocenters. The summed E-state index contributed by atoms with van der Waals surface area (Å²) in [4.78, 5) is 2.58. The molecule has 1 N–H and O–H groups in total. The Morgan fingerprint density at radius 1 is 1.00 bits per heavy atom. The van der Waals surface area contributed by atoms with Gasteiger partial charge in [0.1, 0.15) is 0 Å². The number of halogens is 1. The number of hydrogen-bond donors (Lipinski definition) is 1. The second kappa shape index (κ2) is 8.66. The fourth-order valence-corrected chi connectivity index (χ4v) is 3.69. The topological polar surface area (TPSA) is 15.3 Å². The summed E-state index contributed by atoms with van der Waals surface area (Å²) >= 11 is 6.07. The molecule has 1 fully saturated rings. The van der Waals surface area contributed by atoms with Gasteiger partial charge in [-0.3, -0.25) is 0 Å². The number of piperidine rings is 1. The van der Waals surface area contributed by atoms with Gasteiger partial charge in [0.05, 0.1) is 6.04 Å². The van der Waals surface area contributed by atoms with Gasteiger partial charge in [-0.1, -0.05) is 61.0 Å². The normalized spacial score (nSPS) is 17.8. The molecule has 3 rings (SSSR count). The molecule has 0 aromatic heterocycles. The van der Waals surface area contributed by atoms with Crippen molar-refractivity contribution in [3.8, 4) is 0 Å². The highest BCUT2D eigenvalue weighted by molar-refractivity contribution is 6.30. The standard InChI is InChI=1S/C21H27ClN2/c1-2-14-24-15-12-20(13-16-24)23-21(17-6-4-3-5-7-17)18-8-10-19(22)11-9-18/h3-11,20-21,23H,2,12-16H2,1H3/t21-/m1/s1. The van der Waals surface area contributed by atoms with Crippen LogP contribution in [0.5, 0.6) is 0 Å². The summed E-state index contributed by atoms with van der Waals surface area (Å²) in [5.74, 6) is 0. The first-order valence-electron chi connectivity index (χ1n) is 9.05. The van der Waals surface area contributed by atoms with E-state index in [0.29, 0.717) is 6.04 Å². The maximum atomic E-state index is 6.07. The van der Waals surface area contributed by atoms with Crippen LogP contribution in [0.1, 0.15) is 43.4 Å². The lowest BCUT2D eigenvalue weighted by Gasteiger charge is -2.34. The molecule has 0 bridgehead atoms. The molecule has 1 aliphatic rings. The Morgan fingerprint density at radius 3 is 2.25 bits per heavy atom. The van der Waals surface area contributed by atoms with Crippen LogP contribution in [-0.2, 0) is 0 Å². The lowest BCUT2D eigenvalue weighted by atomic mass is 9.95. The van der Waals surface area contributed by atoms with E-state index < -0.39 is 0 Å². The summed E-state index contributed by atoms with van der Waals surface area (Å²) in [6.07, 6.45) is 3.68. The van der Waals surface area contributed by atoms with Crippen LogP contribution < -0.4 is 5.32 Å². The highest BCUT2D eigenvalue weighted by atomic mass is 35.5. The van der Waals surface area contributed by atoms with Crippen molar-refractivity contribution in [2.24, 2.45) is 0 Å². The van der Waals surface area contributed by atoms with Gasteiger partial charge in [0.2, 0.25) is 0 Å². The third-order valence-electron chi connectivity index (χ3n) is 4.87. The molecule has 2 aromatic carbocycles. The molecule has 3 heteroatoms. The van der Waals surface area contributed by atoms with Gasteiger partial charge >= 0.3 is 0 Å². The van der Waals surface area contributed by atoms with Gasteiger partial charge in [0.15, 0.2) is 0 Å². The quantitative estimate of drug-likeness (QED) is 0.803. The molecule has 1 aliphatic heterocycles. The summed E-state index contributed by atoms with van der Waals surface area (Å²) < 4.78 is 0.